The molecule has 0 saturated carbocycles. The van der Waals surface area contributed by atoms with E-state index >= 15 is 0 Å². The predicted octanol–water partition coefficient (Wildman–Crippen LogP) is 4.08. The van der Waals surface area contributed by atoms with E-state index in [1.807, 2.05) is 30.3 Å². The highest BCUT2D eigenvalue weighted by atomic mass is 35.5. The molecule has 0 aromatic heterocycles. The third kappa shape index (κ3) is 5.95. The second-order valence-corrected chi connectivity index (χ2v) is 7.67. The van der Waals surface area contributed by atoms with Gasteiger partial charge in [-0.15, -0.1) is 0 Å². The number of guanidine groups is 1. The summed E-state index contributed by atoms with van der Waals surface area (Å²) >= 11 is 6.26. The minimum atomic E-state index is 0.373. The van der Waals surface area contributed by atoms with E-state index in [-0.39, 0.29) is 0 Å². The second kappa shape index (κ2) is 11.0. The standard InChI is InChI=1S/C23H31ClN4O2/c1-4-25-23(26-16-17-7-5-6-8-22(17)24)27-18-9-11-28(12-10-18)19-13-20(29-2)15-21(14-19)30-3/h5-8,13-15,18H,4,9-12,16H2,1-3H3,(H2,25,26,27). The van der Waals surface area contributed by atoms with E-state index in [9.17, 15) is 0 Å². The van der Waals surface area contributed by atoms with Crippen LogP contribution in [0, 0.1) is 0 Å². The van der Waals surface area contributed by atoms with Crippen molar-refractivity contribution < 1.29 is 9.47 Å². The van der Waals surface area contributed by atoms with Crippen LogP contribution in [0.15, 0.2) is 47.5 Å². The maximum absolute atomic E-state index is 6.26. The van der Waals surface area contributed by atoms with Gasteiger partial charge in [0, 0.05) is 54.6 Å². The van der Waals surface area contributed by atoms with Gasteiger partial charge >= 0.3 is 0 Å². The second-order valence-electron chi connectivity index (χ2n) is 7.26. The monoisotopic (exact) mass is 430 g/mol. The molecular formula is C23H31ClN4O2. The normalized spacial score (nSPS) is 15.1. The summed E-state index contributed by atoms with van der Waals surface area (Å²) in [4.78, 5) is 7.10. The van der Waals surface area contributed by atoms with Gasteiger partial charge in [-0.1, -0.05) is 29.8 Å². The van der Waals surface area contributed by atoms with Crippen molar-refractivity contribution in [1.82, 2.24) is 10.6 Å². The number of halogens is 1. The molecule has 3 rings (SSSR count). The summed E-state index contributed by atoms with van der Waals surface area (Å²) in [6.45, 7) is 5.36. The third-order valence-electron chi connectivity index (χ3n) is 5.25. The zero-order valence-electron chi connectivity index (χ0n) is 18.0. The Labute approximate surface area is 184 Å². The molecule has 0 amide bonds. The van der Waals surface area contributed by atoms with E-state index in [0.29, 0.717) is 12.6 Å². The molecule has 0 unspecified atom stereocenters. The van der Waals surface area contributed by atoms with Crippen molar-refractivity contribution in [2.24, 2.45) is 4.99 Å². The fraction of sp³-hybridized carbons (Fsp3) is 0.435. The van der Waals surface area contributed by atoms with Gasteiger partial charge in [-0.3, -0.25) is 0 Å². The average molecular weight is 431 g/mol. The van der Waals surface area contributed by atoms with Crippen LogP contribution in [0.4, 0.5) is 5.69 Å². The maximum atomic E-state index is 6.26. The van der Waals surface area contributed by atoms with Crippen molar-refractivity contribution >= 4 is 23.2 Å². The SMILES string of the molecule is CCNC(=NCc1ccccc1Cl)NC1CCN(c2cc(OC)cc(OC)c2)CC1. The molecule has 162 valence electrons. The number of benzene rings is 2. The molecule has 0 radical (unpaired) electrons. The molecule has 0 spiro atoms. The van der Waals surface area contributed by atoms with Crippen LogP contribution in [0.5, 0.6) is 11.5 Å². The van der Waals surface area contributed by atoms with E-state index in [2.05, 4.69) is 34.6 Å². The summed E-state index contributed by atoms with van der Waals surface area (Å²) < 4.78 is 10.8. The van der Waals surface area contributed by atoms with E-state index < -0.39 is 0 Å². The molecule has 1 aliphatic heterocycles. The van der Waals surface area contributed by atoms with E-state index in [4.69, 9.17) is 26.1 Å². The third-order valence-corrected chi connectivity index (χ3v) is 5.62. The highest BCUT2D eigenvalue weighted by molar-refractivity contribution is 6.31. The van der Waals surface area contributed by atoms with Crippen molar-refractivity contribution in [2.75, 3.05) is 38.8 Å². The average Bonchev–Trinajstić information content (AvgIpc) is 2.78. The smallest absolute Gasteiger partial charge is 0.191 e. The van der Waals surface area contributed by atoms with Crippen LogP contribution >= 0.6 is 11.6 Å². The fourth-order valence-corrected chi connectivity index (χ4v) is 3.76. The molecule has 2 aromatic rings. The summed E-state index contributed by atoms with van der Waals surface area (Å²) in [5, 5.41) is 7.67. The van der Waals surface area contributed by atoms with Crippen LogP contribution in [-0.2, 0) is 6.54 Å². The Hall–Kier alpha value is -2.60. The highest BCUT2D eigenvalue weighted by Crippen LogP contribution is 2.30. The summed E-state index contributed by atoms with van der Waals surface area (Å²) in [6.07, 6.45) is 2.05. The first-order valence-electron chi connectivity index (χ1n) is 10.4. The van der Waals surface area contributed by atoms with E-state index in [0.717, 1.165) is 66.2 Å². The van der Waals surface area contributed by atoms with Gasteiger partial charge in [0.25, 0.3) is 0 Å². The molecule has 0 atom stereocenters. The van der Waals surface area contributed by atoms with Crippen molar-refractivity contribution in [2.45, 2.75) is 32.4 Å². The Kier molecular flexibility index (Phi) is 8.08. The van der Waals surface area contributed by atoms with Gasteiger partial charge in [-0.05, 0) is 31.4 Å². The molecule has 6 nitrogen and oxygen atoms in total. The van der Waals surface area contributed by atoms with Crippen molar-refractivity contribution in [1.29, 1.82) is 0 Å². The molecule has 1 aliphatic rings. The van der Waals surface area contributed by atoms with Gasteiger partial charge in [0.1, 0.15) is 11.5 Å². The van der Waals surface area contributed by atoms with Crippen LogP contribution in [0.2, 0.25) is 5.02 Å². The van der Waals surface area contributed by atoms with Crippen LogP contribution in [-0.4, -0.2) is 45.9 Å². The molecule has 2 N–H and O–H groups in total. The lowest BCUT2D eigenvalue weighted by molar-refractivity contribution is 0.393. The lowest BCUT2D eigenvalue weighted by atomic mass is 10.0. The van der Waals surface area contributed by atoms with Gasteiger partial charge in [0.05, 0.1) is 20.8 Å². The molecular weight excluding hydrogens is 400 g/mol. The molecule has 7 heteroatoms. The summed E-state index contributed by atoms with van der Waals surface area (Å²) in [6, 6.07) is 14.2. The molecule has 30 heavy (non-hydrogen) atoms. The molecule has 0 aliphatic carbocycles. The van der Waals surface area contributed by atoms with Crippen molar-refractivity contribution in [3.8, 4) is 11.5 Å². The Morgan fingerprint density at radius 2 is 1.77 bits per heavy atom. The van der Waals surface area contributed by atoms with Crippen molar-refractivity contribution in [3.63, 3.8) is 0 Å². The number of methoxy groups -OCH3 is 2. The van der Waals surface area contributed by atoms with E-state index in [1.165, 1.54) is 0 Å². The molecule has 1 heterocycles. The Bertz CT molecular complexity index is 829. The number of rotatable bonds is 7. The van der Waals surface area contributed by atoms with Crippen LogP contribution < -0.4 is 25.0 Å². The summed E-state index contributed by atoms with van der Waals surface area (Å²) in [5.41, 5.74) is 2.15. The van der Waals surface area contributed by atoms with Crippen LogP contribution in [0.3, 0.4) is 0 Å². The lowest BCUT2D eigenvalue weighted by Gasteiger charge is -2.34. The topological polar surface area (TPSA) is 58.1 Å². The number of hydrogen-bond donors (Lipinski definition) is 2. The fourth-order valence-electron chi connectivity index (χ4n) is 3.56. The maximum Gasteiger partial charge on any atom is 0.191 e. The summed E-state index contributed by atoms with van der Waals surface area (Å²) in [7, 11) is 3.36. The van der Waals surface area contributed by atoms with Gasteiger partial charge < -0.3 is 25.0 Å². The first kappa shape index (κ1) is 22.1. The highest BCUT2D eigenvalue weighted by Gasteiger charge is 2.21. The molecule has 1 saturated heterocycles. The molecule has 2 aromatic carbocycles. The van der Waals surface area contributed by atoms with Crippen molar-refractivity contribution in [3.05, 3.63) is 53.1 Å². The van der Waals surface area contributed by atoms with Gasteiger partial charge in [0.15, 0.2) is 5.96 Å². The number of nitrogens with zero attached hydrogens (tertiary/aromatic N) is 2. The Balaban J connectivity index is 1.59. The number of piperidine rings is 1. The van der Waals surface area contributed by atoms with Crippen LogP contribution in [0.25, 0.3) is 0 Å². The first-order chi connectivity index (χ1) is 14.6. The Morgan fingerprint density at radius 3 is 2.37 bits per heavy atom. The number of ether oxygens (including phenoxy) is 2. The van der Waals surface area contributed by atoms with Gasteiger partial charge in [-0.25, -0.2) is 4.99 Å². The zero-order chi connectivity index (χ0) is 21.3. The Morgan fingerprint density at radius 1 is 1.10 bits per heavy atom. The lowest BCUT2D eigenvalue weighted by Crippen LogP contribution is -2.48. The van der Waals surface area contributed by atoms with Crippen LogP contribution in [0.1, 0.15) is 25.3 Å². The largest absolute Gasteiger partial charge is 0.497 e. The number of hydrogen-bond acceptors (Lipinski definition) is 4. The number of anilines is 1. The molecule has 1 fully saturated rings. The number of aliphatic imine (C=N–C) groups is 1. The zero-order valence-corrected chi connectivity index (χ0v) is 18.7. The summed E-state index contributed by atoms with van der Waals surface area (Å²) in [5.74, 6) is 2.45. The molecule has 0 bridgehead atoms. The predicted molar refractivity (Wildman–Crippen MR) is 124 cm³/mol. The van der Waals surface area contributed by atoms with Gasteiger partial charge in [0.2, 0.25) is 0 Å². The van der Waals surface area contributed by atoms with Gasteiger partial charge in [-0.2, -0.15) is 0 Å². The number of nitrogens with one attached hydrogen (secondary N) is 2. The first-order valence-corrected chi connectivity index (χ1v) is 10.8. The van der Waals surface area contributed by atoms with E-state index in [1.54, 1.807) is 14.2 Å². The minimum Gasteiger partial charge on any atom is -0.497 e. The quantitative estimate of drug-likeness (QED) is 0.512. The minimum absolute atomic E-state index is 0.373.